The smallest absolute Gasteiger partial charge is 0.422 e. The van der Waals surface area contributed by atoms with E-state index in [1.165, 1.54) is 0 Å². The number of nitrogens with one attached hydrogen (secondary N) is 2. The van der Waals surface area contributed by atoms with E-state index in [0.717, 1.165) is 0 Å². The summed E-state index contributed by atoms with van der Waals surface area (Å²) in [6.07, 6.45) is -1.63. The number of amides is 1. The van der Waals surface area contributed by atoms with Crippen LogP contribution in [0, 0.1) is 0 Å². The predicted octanol–water partition coefficient (Wildman–Crippen LogP) is -0.640. The van der Waals surface area contributed by atoms with Crippen molar-refractivity contribution in [2.45, 2.75) is 31.4 Å². The van der Waals surface area contributed by atoms with E-state index in [9.17, 15) is 21.6 Å². The lowest BCUT2D eigenvalue weighted by molar-refractivity contribution is 0.121. The lowest BCUT2D eigenvalue weighted by Crippen LogP contribution is -2.48. The molecule has 0 saturated carbocycles. The molecular weight excluding hydrogens is 320 g/mol. The SMILES string of the molecule is CC(C)OC(=O)NS(=O)(=O)NC1CS(=O)(=O)CC1Cl. The van der Waals surface area contributed by atoms with Gasteiger partial charge in [-0.15, -0.1) is 11.6 Å². The monoisotopic (exact) mass is 334 g/mol. The van der Waals surface area contributed by atoms with Crippen molar-refractivity contribution in [3.63, 3.8) is 0 Å². The lowest BCUT2D eigenvalue weighted by atomic mass is 10.3. The number of hydrogen-bond acceptors (Lipinski definition) is 6. The Labute approximate surface area is 116 Å². The highest BCUT2D eigenvalue weighted by Crippen LogP contribution is 2.18. The number of carbonyl (C=O) groups is 1. The average molecular weight is 335 g/mol. The van der Waals surface area contributed by atoms with Crippen LogP contribution in [-0.4, -0.2) is 52.0 Å². The molecule has 1 amide bonds. The topological polar surface area (TPSA) is 119 Å². The molecule has 1 rings (SSSR count). The zero-order valence-electron chi connectivity index (χ0n) is 10.3. The maximum Gasteiger partial charge on any atom is 0.422 e. The second-order valence-corrected chi connectivity index (χ2v) is 8.54. The summed E-state index contributed by atoms with van der Waals surface area (Å²) in [4.78, 5) is 11.1. The van der Waals surface area contributed by atoms with Crippen LogP contribution in [0.5, 0.6) is 0 Å². The van der Waals surface area contributed by atoms with E-state index in [0.29, 0.717) is 0 Å². The third-order valence-corrected chi connectivity index (χ3v) is 5.57. The molecule has 11 heteroatoms. The van der Waals surface area contributed by atoms with Gasteiger partial charge in [0.05, 0.1) is 29.0 Å². The van der Waals surface area contributed by atoms with Gasteiger partial charge in [0.2, 0.25) is 0 Å². The predicted molar refractivity (Wildman–Crippen MR) is 68.9 cm³/mol. The van der Waals surface area contributed by atoms with Gasteiger partial charge in [-0.2, -0.15) is 13.1 Å². The minimum absolute atomic E-state index is 0.307. The van der Waals surface area contributed by atoms with E-state index in [1.54, 1.807) is 18.6 Å². The van der Waals surface area contributed by atoms with Gasteiger partial charge in [0.25, 0.3) is 0 Å². The van der Waals surface area contributed by atoms with Crippen LogP contribution in [0.1, 0.15) is 13.8 Å². The Morgan fingerprint density at radius 3 is 2.37 bits per heavy atom. The maximum atomic E-state index is 11.6. The molecule has 0 bridgehead atoms. The highest BCUT2D eigenvalue weighted by Gasteiger charge is 2.39. The van der Waals surface area contributed by atoms with Crippen LogP contribution >= 0.6 is 11.6 Å². The van der Waals surface area contributed by atoms with Crippen LogP contribution in [0.4, 0.5) is 4.79 Å². The number of sulfone groups is 1. The first kappa shape index (κ1) is 16.5. The van der Waals surface area contributed by atoms with E-state index in [4.69, 9.17) is 11.6 Å². The molecule has 2 N–H and O–H groups in total. The normalized spacial score (nSPS) is 26.3. The quantitative estimate of drug-likeness (QED) is 0.660. The summed E-state index contributed by atoms with van der Waals surface area (Å²) in [7, 11) is -7.58. The standard InChI is InChI=1S/C8H15ClN2O6S2/c1-5(2)17-8(12)11-19(15,16)10-7-4-18(13,14)3-6(7)9/h5-7,10H,3-4H2,1-2H3,(H,11,12). The first-order chi connectivity index (χ1) is 8.51. The van der Waals surface area contributed by atoms with E-state index in [-0.39, 0.29) is 5.75 Å². The molecule has 8 nitrogen and oxygen atoms in total. The summed E-state index contributed by atoms with van der Waals surface area (Å²) in [5.74, 6) is -0.709. The molecule has 1 aliphatic rings. The molecule has 0 aliphatic carbocycles. The third kappa shape index (κ3) is 5.51. The van der Waals surface area contributed by atoms with Gasteiger partial charge in [-0.3, -0.25) is 0 Å². The Morgan fingerprint density at radius 1 is 1.37 bits per heavy atom. The van der Waals surface area contributed by atoms with Crippen LogP contribution in [0.2, 0.25) is 0 Å². The molecule has 0 aromatic rings. The van der Waals surface area contributed by atoms with Crippen molar-refractivity contribution in [3.8, 4) is 0 Å². The highest BCUT2D eigenvalue weighted by atomic mass is 35.5. The molecule has 0 spiro atoms. The summed E-state index contributed by atoms with van der Waals surface area (Å²) in [6.45, 7) is 3.11. The van der Waals surface area contributed by atoms with Crippen molar-refractivity contribution in [2.24, 2.45) is 0 Å². The molecule has 19 heavy (non-hydrogen) atoms. The van der Waals surface area contributed by atoms with Gasteiger partial charge in [-0.1, -0.05) is 0 Å². The van der Waals surface area contributed by atoms with Crippen LogP contribution in [0.25, 0.3) is 0 Å². The Morgan fingerprint density at radius 2 is 1.95 bits per heavy atom. The zero-order chi connectivity index (χ0) is 14.8. The van der Waals surface area contributed by atoms with Crippen LogP contribution in [0.15, 0.2) is 0 Å². The maximum absolute atomic E-state index is 11.6. The van der Waals surface area contributed by atoms with Crippen LogP contribution in [0.3, 0.4) is 0 Å². The van der Waals surface area contributed by atoms with Crippen molar-refractivity contribution in [1.29, 1.82) is 0 Å². The number of ether oxygens (including phenoxy) is 1. The van der Waals surface area contributed by atoms with E-state index in [1.807, 2.05) is 4.72 Å². The van der Waals surface area contributed by atoms with Crippen molar-refractivity contribution in [3.05, 3.63) is 0 Å². The summed E-state index contributed by atoms with van der Waals surface area (Å²) in [5.41, 5.74) is 0. The number of halogens is 1. The van der Waals surface area contributed by atoms with Crippen molar-refractivity contribution < 1.29 is 26.4 Å². The molecule has 0 radical (unpaired) electrons. The number of rotatable bonds is 4. The van der Waals surface area contributed by atoms with Gasteiger partial charge in [-0.05, 0) is 13.8 Å². The molecule has 112 valence electrons. The zero-order valence-corrected chi connectivity index (χ0v) is 12.7. The molecular formula is C8H15ClN2O6S2. The van der Waals surface area contributed by atoms with E-state index >= 15 is 0 Å². The summed E-state index contributed by atoms with van der Waals surface area (Å²) >= 11 is 5.74. The highest BCUT2D eigenvalue weighted by molar-refractivity contribution is 7.92. The molecule has 0 aromatic carbocycles. The molecule has 2 atom stereocenters. The van der Waals surface area contributed by atoms with Crippen molar-refractivity contribution >= 4 is 37.7 Å². The number of alkyl halides is 1. The van der Waals surface area contributed by atoms with Gasteiger partial charge < -0.3 is 4.74 Å². The Balaban J connectivity index is 2.63. The molecule has 1 aliphatic heterocycles. The van der Waals surface area contributed by atoms with Crippen LogP contribution in [-0.2, 0) is 24.8 Å². The minimum Gasteiger partial charge on any atom is -0.446 e. The average Bonchev–Trinajstić information content (AvgIpc) is 2.34. The first-order valence-corrected chi connectivity index (χ1v) is 9.10. The van der Waals surface area contributed by atoms with Gasteiger partial charge in [0.15, 0.2) is 9.84 Å². The summed E-state index contributed by atoms with van der Waals surface area (Å²) in [6, 6.07) is -0.976. The van der Waals surface area contributed by atoms with E-state index in [2.05, 4.69) is 4.74 Å². The summed E-state index contributed by atoms with van der Waals surface area (Å²) in [5, 5.41) is -0.873. The fourth-order valence-electron chi connectivity index (χ4n) is 1.49. The van der Waals surface area contributed by atoms with Crippen molar-refractivity contribution in [2.75, 3.05) is 11.5 Å². The Hall–Kier alpha value is -0.580. The second kappa shape index (κ2) is 5.81. The second-order valence-electron chi connectivity index (χ2n) is 4.38. The van der Waals surface area contributed by atoms with Crippen molar-refractivity contribution in [1.82, 2.24) is 9.44 Å². The first-order valence-electron chi connectivity index (χ1n) is 5.36. The van der Waals surface area contributed by atoms with Gasteiger partial charge in [-0.25, -0.2) is 17.9 Å². The van der Waals surface area contributed by atoms with Crippen LogP contribution < -0.4 is 9.44 Å². The Bertz CT molecular complexity index is 544. The number of carbonyl (C=O) groups excluding carboxylic acids is 1. The fraction of sp³-hybridized carbons (Fsp3) is 0.875. The summed E-state index contributed by atoms with van der Waals surface area (Å²) < 4.78 is 53.9. The molecule has 1 heterocycles. The molecule has 1 saturated heterocycles. The molecule has 2 unspecified atom stereocenters. The molecule has 1 fully saturated rings. The van der Waals surface area contributed by atoms with Gasteiger partial charge in [0, 0.05) is 0 Å². The molecule has 0 aromatic heterocycles. The van der Waals surface area contributed by atoms with E-state index < -0.39 is 49.4 Å². The fourth-order valence-corrected chi connectivity index (χ4v) is 5.19. The number of hydrogen-bond donors (Lipinski definition) is 2. The lowest BCUT2D eigenvalue weighted by Gasteiger charge is -2.15. The van der Waals surface area contributed by atoms with Gasteiger partial charge in [0.1, 0.15) is 0 Å². The minimum atomic E-state index is -4.22. The largest absolute Gasteiger partial charge is 0.446 e. The third-order valence-electron chi connectivity index (χ3n) is 2.15. The Kier molecular flexibility index (Phi) is 5.04. The van der Waals surface area contributed by atoms with Gasteiger partial charge >= 0.3 is 16.3 Å².